The fraction of sp³-hybridized carbons (Fsp3) is 0.632. The van der Waals surface area contributed by atoms with Crippen molar-refractivity contribution in [1.29, 1.82) is 0 Å². The fourth-order valence-electron chi connectivity index (χ4n) is 3.25. The van der Waals surface area contributed by atoms with E-state index in [0.717, 1.165) is 12.2 Å². The Kier molecular flexibility index (Phi) is 7.72. The second kappa shape index (κ2) is 8.88. The van der Waals surface area contributed by atoms with Gasteiger partial charge >= 0.3 is 0 Å². The minimum absolute atomic E-state index is 0. The number of nitrogens with zero attached hydrogens (tertiary/aromatic N) is 1. The van der Waals surface area contributed by atoms with Crippen LogP contribution in [0.5, 0.6) is 5.75 Å². The van der Waals surface area contributed by atoms with E-state index in [4.69, 9.17) is 15.2 Å². The Balaban J connectivity index is 0.00000312. The molecule has 1 saturated carbocycles. The molecule has 5 nitrogen and oxygen atoms in total. The second-order valence-electron chi connectivity index (χ2n) is 7.08. The van der Waals surface area contributed by atoms with Gasteiger partial charge in [-0.15, -0.1) is 12.4 Å². The van der Waals surface area contributed by atoms with Crippen LogP contribution in [0.1, 0.15) is 33.6 Å². The average molecular weight is 371 g/mol. The van der Waals surface area contributed by atoms with Gasteiger partial charge in [-0.25, -0.2) is 0 Å². The molecular formula is C19H31ClN2O3. The molecule has 1 aliphatic rings. The largest absolute Gasteiger partial charge is 0.494 e. The molecule has 0 heterocycles. The van der Waals surface area contributed by atoms with E-state index in [-0.39, 0.29) is 29.8 Å². The van der Waals surface area contributed by atoms with Gasteiger partial charge in [0.15, 0.2) is 0 Å². The van der Waals surface area contributed by atoms with E-state index >= 15 is 0 Å². The number of carbonyl (C=O) groups is 1. The topological polar surface area (TPSA) is 64.8 Å². The lowest BCUT2D eigenvalue weighted by molar-refractivity contribution is -0.178. The molecule has 1 aromatic rings. The van der Waals surface area contributed by atoms with Crippen molar-refractivity contribution in [3.63, 3.8) is 0 Å². The normalized spacial score (nSPS) is 24.0. The van der Waals surface area contributed by atoms with Crippen molar-refractivity contribution in [3.8, 4) is 5.75 Å². The van der Waals surface area contributed by atoms with Crippen LogP contribution in [0.25, 0.3) is 0 Å². The van der Waals surface area contributed by atoms with Gasteiger partial charge in [-0.1, -0.05) is 32.0 Å². The first-order valence-corrected chi connectivity index (χ1v) is 8.67. The first-order valence-electron chi connectivity index (χ1n) is 8.67. The highest BCUT2D eigenvalue weighted by molar-refractivity contribution is 5.88. The molecule has 0 aliphatic heterocycles. The summed E-state index contributed by atoms with van der Waals surface area (Å²) in [5, 5.41) is 0. The molecule has 0 spiro atoms. The van der Waals surface area contributed by atoms with Crippen molar-refractivity contribution < 1.29 is 14.3 Å². The highest BCUT2D eigenvalue weighted by Crippen LogP contribution is 2.50. The Hall–Kier alpha value is -1.30. The molecule has 2 unspecified atom stereocenters. The molecule has 2 rings (SSSR count). The molecule has 0 bridgehead atoms. The van der Waals surface area contributed by atoms with Crippen LogP contribution in [-0.4, -0.2) is 49.3 Å². The summed E-state index contributed by atoms with van der Waals surface area (Å²) in [6, 6.07) is 9.69. The molecular weight excluding hydrogens is 340 g/mol. The predicted octanol–water partition coefficient (Wildman–Crippen LogP) is 2.87. The third kappa shape index (κ3) is 4.46. The number of hydrogen-bond acceptors (Lipinski definition) is 4. The molecule has 0 radical (unpaired) electrons. The number of halogens is 1. The molecule has 1 amide bonds. The Morgan fingerprint density at radius 3 is 2.52 bits per heavy atom. The lowest BCUT2D eigenvalue weighted by Gasteiger charge is -2.58. The zero-order valence-corrected chi connectivity index (χ0v) is 16.5. The molecule has 1 aliphatic carbocycles. The van der Waals surface area contributed by atoms with Crippen LogP contribution in [0.15, 0.2) is 30.3 Å². The van der Waals surface area contributed by atoms with Gasteiger partial charge in [-0.3, -0.25) is 4.79 Å². The molecule has 0 aromatic heterocycles. The average Bonchev–Trinajstić information content (AvgIpc) is 2.58. The first kappa shape index (κ1) is 21.7. The van der Waals surface area contributed by atoms with E-state index in [1.54, 1.807) is 4.90 Å². The SMILES string of the molecule is CCOC1CC(N)(C(=O)N(C)CCCOc2ccccc2)C1(C)C.Cl. The van der Waals surface area contributed by atoms with Crippen LogP contribution in [-0.2, 0) is 9.53 Å². The molecule has 142 valence electrons. The van der Waals surface area contributed by atoms with Crippen LogP contribution in [0.4, 0.5) is 0 Å². The third-order valence-corrected chi connectivity index (χ3v) is 5.21. The molecule has 25 heavy (non-hydrogen) atoms. The minimum atomic E-state index is -0.845. The van der Waals surface area contributed by atoms with Gasteiger partial charge in [-0.05, 0) is 25.5 Å². The lowest BCUT2D eigenvalue weighted by Crippen LogP contribution is -2.75. The highest BCUT2D eigenvalue weighted by atomic mass is 35.5. The summed E-state index contributed by atoms with van der Waals surface area (Å²) in [4.78, 5) is 14.5. The number of benzene rings is 1. The van der Waals surface area contributed by atoms with Crippen molar-refractivity contribution in [1.82, 2.24) is 4.90 Å². The van der Waals surface area contributed by atoms with Crippen LogP contribution in [0.2, 0.25) is 0 Å². The van der Waals surface area contributed by atoms with Crippen molar-refractivity contribution in [3.05, 3.63) is 30.3 Å². The van der Waals surface area contributed by atoms with Crippen molar-refractivity contribution >= 4 is 18.3 Å². The molecule has 2 N–H and O–H groups in total. The van der Waals surface area contributed by atoms with Gasteiger partial charge in [0.2, 0.25) is 5.91 Å². The van der Waals surface area contributed by atoms with Gasteiger partial charge in [0.05, 0.1) is 12.7 Å². The molecule has 2 atom stereocenters. The summed E-state index contributed by atoms with van der Waals surface area (Å²) in [6.45, 7) is 7.84. The molecule has 0 saturated heterocycles. The van der Waals surface area contributed by atoms with Gasteiger partial charge in [0.25, 0.3) is 0 Å². The summed E-state index contributed by atoms with van der Waals surface area (Å²) < 4.78 is 11.4. The molecule has 1 fully saturated rings. The number of likely N-dealkylation sites (N-methyl/N-ethyl adjacent to an activating group) is 1. The number of nitrogens with two attached hydrogens (primary N) is 1. The number of ether oxygens (including phenoxy) is 2. The van der Waals surface area contributed by atoms with E-state index in [2.05, 4.69) is 0 Å². The number of carbonyl (C=O) groups excluding carboxylic acids is 1. The standard InChI is InChI=1S/C19H30N2O3.ClH/c1-5-23-16-14-19(20,18(16,2)3)17(22)21(4)12-9-13-24-15-10-7-6-8-11-15;/h6-8,10-11,16H,5,9,12-14,20H2,1-4H3;1H. The summed E-state index contributed by atoms with van der Waals surface area (Å²) in [7, 11) is 1.81. The third-order valence-electron chi connectivity index (χ3n) is 5.21. The highest BCUT2D eigenvalue weighted by Gasteiger charge is 2.63. The van der Waals surface area contributed by atoms with Crippen LogP contribution < -0.4 is 10.5 Å². The number of para-hydroxylation sites is 1. The van der Waals surface area contributed by atoms with Crippen molar-refractivity contribution in [2.45, 2.75) is 45.3 Å². The maximum atomic E-state index is 12.8. The van der Waals surface area contributed by atoms with E-state index in [0.29, 0.717) is 26.2 Å². The van der Waals surface area contributed by atoms with E-state index in [1.807, 2.05) is 58.2 Å². The Morgan fingerprint density at radius 1 is 1.32 bits per heavy atom. The number of hydrogen-bond donors (Lipinski definition) is 1. The fourth-order valence-corrected chi connectivity index (χ4v) is 3.25. The Morgan fingerprint density at radius 2 is 1.96 bits per heavy atom. The number of rotatable bonds is 8. The van der Waals surface area contributed by atoms with Crippen LogP contribution in [0.3, 0.4) is 0 Å². The first-order chi connectivity index (χ1) is 11.3. The predicted molar refractivity (Wildman–Crippen MR) is 102 cm³/mol. The Bertz CT molecular complexity index is 553. The molecule has 6 heteroatoms. The van der Waals surface area contributed by atoms with E-state index in [1.165, 1.54) is 0 Å². The lowest BCUT2D eigenvalue weighted by atomic mass is 9.54. The monoisotopic (exact) mass is 370 g/mol. The summed E-state index contributed by atoms with van der Waals surface area (Å²) in [6.07, 6.45) is 1.39. The van der Waals surface area contributed by atoms with Gasteiger partial charge in [0, 0.05) is 32.0 Å². The zero-order valence-electron chi connectivity index (χ0n) is 15.7. The zero-order chi connectivity index (χ0) is 17.8. The van der Waals surface area contributed by atoms with Crippen molar-refractivity contribution in [2.75, 3.05) is 26.8 Å². The Labute approximate surface area is 157 Å². The quantitative estimate of drug-likeness (QED) is 0.714. The van der Waals surface area contributed by atoms with Crippen LogP contribution in [0, 0.1) is 5.41 Å². The number of amides is 1. The second-order valence-corrected chi connectivity index (χ2v) is 7.08. The smallest absolute Gasteiger partial charge is 0.243 e. The van der Waals surface area contributed by atoms with Gasteiger partial charge in [0.1, 0.15) is 11.3 Å². The summed E-state index contributed by atoms with van der Waals surface area (Å²) in [5.41, 5.74) is 5.24. The maximum absolute atomic E-state index is 12.8. The van der Waals surface area contributed by atoms with Gasteiger partial charge in [-0.2, -0.15) is 0 Å². The maximum Gasteiger partial charge on any atom is 0.243 e. The summed E-state index contributed by atoms with van der Waals surface area (Å²) >= 11 is 0. The summed E-state index contributed by atoms with van der Waals surface area (Å²) in [5.74, 6) is 0.838. The minimum Gasteiger partial charge on any atom is -0.494 e. The molecule has 1 aromatic carbocycles. The van der Waals surface area contributed by atoms with E-state index < -0.39 is 5.54 Å². The van der Waals surface area contributed by atoms with Crippen molar-refractivity contribution in [2.24, 2.45) is 11.1 Å². The van der Waals surface area contributed by atoms with Gasteiger partial charge < -0.3 is 20.1 Å². The van der Waals surface area contributed by atoms with E-state index in [9.17, 15) is 4.79 Å². The van der Waals surface area contributed by atoms with Crippen LogP contribution >= 0.6 is 12.4 Å².